The van der Waals surface area contributed by atoms with E-state index in [1.165, 1.54) is 6.92 Å². The maximum Gasteiger partial charge on any atom is 0.235 e. The zero-order valence-electron chi connectivity index (χ0n) is 8.56. The summed E-state index contributed by atoms with van der Waals surface area (Å²) in [7, 11) is -3.47. The predicted octanol–water partition coefficient (Wildman–Crippen LogP) is -1.22. The van der Waals surface area contributed by atoms with Gasteiger partial charge in [-0.05, 0) is 6.92 Å². The Balaban J connectivity index is 4.13. The van der Waals surface area contributed by atoms with Crippen LogP contribution in [-0.4, -0.2) is 38.4 Å². The van der Waals surface area contributed by atoms with Crippen LogP contribution in [0.3, 0.4) is 0 Å². The smallest absolute Gasteiger partial charge is 0.235 e. The molecule has 0 aliphatic rings. The number of carbonyl (C=O) groups excluding carboxylic acids is 1. The first kappa shape index (κ1) is 13.9. The summed E-state index contributed by atoms with van der Waals surface area (Å²) in [4.78, 5) is 11.1. The van der Waals surface area contributed by atoms with E-state index in [4.69, 9.17) is 11.0 Å². The highest BCUT2D eigenvalue weighted by atomic mass is 32.2. The van der Waals surface area contributed by atoms with Gasteiger partial charge in [0.25, 0.3) is 0 Å². The Morgan fingerprint density at radius 3 is 2.67 bits per heavy atom. The highest BCUT2D eigenvalue weighted by Crippen LogP contribution is 1.99. The molecule has 6 nitrogen and oxygen atoms in total. The minimum Gasteiger partial charge on any atom is -0.354 e. The Morgan fingerprint density at radius 2 is 2.20 bits per heavy atom. The minimum atomic E-state index is -3.47. The third-order valence-corrected chi connectivity index (χ3v) is 3.92. The summed E-state index contributed by atoms with van der Waals surface area (Å²) in [5.41, 5.74) is 5.20. The van der Waals surface area contributed by atoms with Gasteiger partial charge in [-0.3, -0.25) is 4.79 Å². The van der Waals surface area contributed by atoms with Crippen molar-refractivity contribution in [3.63, 3.8) is 0 Å². The van der Waals surface area contributed by atoms with Crippen molar-refractivity contribution in [1.82, 2.24) is 5.32 Å². The molecule has 0 fully saturated rings. The predicted molar refractivity (Wildman–Crippen MR) is 55.5 cm³/mol. The summed E-state index contributed by atoms with van der Waals surface area (Å²) < 4.78 is 22.8. The topological polar surface area (TPSA) is 113 Å². The first-order valence-electron chi connectivity index (χ1n) is 4.49. The molecule has 86 valence electrons. The highest BCUT2D eigenvalue weighted by molar-refractivity contribution is 7.92. The van der Waals surface area contributed by atoms with Gasteiger partial charge in [-0.2, -0.15) is 5.26 Å². The van der Waals surface area contributed by atoms with E-state index in [0.717, 1.165) is 0 Å². The summed E-state index contributed by atoms with van der Waals surface area (Å²) in [6.45, 7) is 1.62. The molecule has 1 atom stereocenters. The average Bonchev–Trinajstić information content (AvgIpc) is 2.16. The third kappa shape index (κ3) is 5.34. The van der Waals surface area contributed by atoms with Gasteiger partial charge < -0.3 is 11.1 Å². The zero-order valence-corrected chi connectivity index (χ0v) is 9.38. The van der Waals surface area contributed by atoms with Crippen LogP contribution in [0.4, 0.5) is 0 Å². The quantitative estimate of drug-likeness (QED) is 0.558. The van der Waals surface area contributed by atoms with Gasteiger partial charge in [-0.1, -0.05) is 0 Å². The van der Waals surface area contributed by atoms with Gasteiger partial charge in [-0.25, -0.2) is 8.42 Å². The molecule has 0 aromatic heterocycles. The molecule has 0 aliphatic heterocycles. The maximum absolute atomic E-state index is 11.4. The number of rotatable bonds is 6. The number of carbonyl (C=O) groups is 1. The molecule has 0 saturated heterocycles. The van der Waals surface area contributed by atoms with E-state index < -0.39 is 26.7 Å². The largest absolute Gasteiger partial charge is 0.354 e. The zero-order chi connectivity index (χ0) is 11.9. The monoisotopic (exact) mass is 233 g/mol. The second kappa shape index (κ2) is 6.37. The van der Waals surface area contributed by atoms with Crippen molar-refractivity contribution in [2.75, 3.05) is 18.8 Å². The van der Waals surface area contributed by atoms with Crippen molar-refractivity contribution in [2.24, 2.45) is 5.73 Å². The molecule has 0 rings (SSSR count). The number of nitrogens with one attached hydrogen (secondary N) is 1. The van der Waals surface area contributed by atoms with Gasteiger partial charge in [0.05, 0.1) is 17.7 Å². The Hall–Kier alpha value is -1.13. The summed E-state index contributed by atoms with van der Waals surface area (Å²) >= 11 is 0. The van der Waals surface area contributed by atoms with Crippen LogP contribution >= 0.6 is 0 Å². The Bertz CT molecular complexity index is 345. The molecule has 0 bridgehead atoms. The standard InChI is InChI=1S/C8H15N3O3S/c1-7(5-10)15(13,14)6-8(12)11-4-2-3-9/h7H,2,4-6,10H2,1H3,(H,11,12). The van der Waals surface area contributed by atoms with Crippen molar-refractivity contribution in [3.8, 4) is 6.07 Å². The Morgan fingerprint density at radius 1 is 1.60 bits per heavy atom. The fourth-order valence-electron chi connectivity index (χ4n) is 0.780. The van der Waals surface area contributed by atoms with Crippen LogP contribution in [0, 0.1) is 11.3 Å². The number of nitrogens with zero attached hydrogens (tertiary/aromatic N) is 1. The SMILES string of the molecule is CC(CN)S(=O)(=O)CC(=O)NCCC#N. The van der Waals surface area contributed by atoms with Crippen LogP contribution in [0.5, 0.6) is 0 Å². The van der Waals surface area contributed by atoms with Crippen molar-refractivity contribution >= 4 is 15.7 Å². The number of nitriles is 1. The van der Waals surface area contributed by atoms with Crippen molar-refractivity contribution in [3.05, 3.63) is 0 Å². The fraction of sp³-hybridized carbons (Fsp3) is 0.750. The fourth-order valence-corrected chi connectivity index (χ4v) is 1.83. The molecule has 0 aromatic carbocycles. The van der Waals surface area contributed by atoms with Crippen molar-refractivity contribution in [2.45, 2.75) is 18.6 Å². The maximum atomic E-state index is 11.4. The van der Waals surface area contributed by atoms with Crippen LogP contribution in [0.25, 0.3) is 0 Å². The summed E-state index contributed by atoms with van der Waals surface area (Å²) in [6, 6.07) is 1.84. The van der Waals surface area contributed by atoms with Crippen LogP contribution in [0.15, 0.2) is 0 Å². The van der Waals surface area contributed by atoms with Gasteiger partial charge in [0, 0.05) is 13.1 Å². The van der Waals surface area contributed by atoms with E-state index >= 15 is 0 Å². The van der Waals surface area contributed by atoms with E-state index in [2.05, 4.69) is 5.32 Å². The Kier molecular flexibility index (Phi) is 5.89. The van der Waals surface area contributed by atoms with Gasteiger partial charge in [-0.15, -0.1) is 0 Å². The molecule has 15 heavy (non-hydrogen) atoms. The first-order valence-corrected chi connectivity index (χ1v) is 6.21. The lowest BCUT2D eigenvalue weighted by molar-refractivity contribution is -0.118. The second-order valence-corrected chi connectivity index (χ2v) is 5.53. The lowest BCUT2D eigenvalue weighted by Crippen LogP contribution is -2.37. The summed E-state index contributed by atoms with van der Waals surface area (Å²) in [5.74, 6) is -1.16. The van der Waals surface area contributed by atoms with Crippen molar-refractivity contribution < 1.29 is 13.2 Å². The highest BCUT2D eigenvalue weighted by Gasteiger charge is 2.22. The molecule has 0 aromatic rings. The molecule has 0 saturated carbocycles. The number of amides is 1. The molecule has 0 heterocycles. The molecular formula is C8H15N3O3S. The molecular weight excluding hydrogens is 218 g/mol. The second-order valence-electron chi connectivity index (χ2n) is 3.11. The van der Waals surface area contributed by atoms with E-state index in [1.54, 1.807) is 0 Å². The van der Waals surface area contributed by atoms with Crippen LogP contribution < -0.4 is 11.1 Å². The Labute approximate surface area is 89.4 Å². The molecule has 0 spiro atoms. The molecule has 3 N–H and O–H groups in total. The van der Waals surface area contributed by atoms with Crippen LogP contribution in [0.1, 0.15) is 13.3 Å². The summed E-state index contributed by atoms with van der Waals surface area (Å²) in [6.07, 6.45) is 0.165. The van der Waals surface area contributed by atoms with Gasteiger partial charge >= 0.3 is 0 Å². The minimum absolute atomic E-state index is 0.00614. The van der Waals surface area contributed by atoms with Crippen molar-refractivity contribution in [1.29, 1.82) is 5.26 Å². The average molecular weight is 233 g/mol. The van der Waals surface area contributed by atoms with E-state index in [9.17, 15) is 13.2 Å². The first-order chi connectivity index (χ1) is 6.94. The van der Waals surface area contributed by atoms with Gasteiger partial charge in [0.15, 0.2) is 9.84 Å². The molecule has 7 heteroatoms. The summed E-state index contributed by atoms with van der Waals surface area (Å²) in [5, 5.41) is 9.82. The lowest BCUT2D eigenvalue weighted by atomic mass is 10.4. The normalized spacial score (nSPS) is 12.9. The molecule has 1 unspecified atom stereocenters. The van der Waals surface area contributed by atoms with E-state index in [1.807, 2.05) is 6.07 Å². The molecule has 0 radical (unpaired) electrons. The van der Waals surface area contributed by atoms with Crippen LogP contribution in [0.2, 0.25) is 0 Å². The van der Waals surface area contributed by atoms with Crippen LogP contribution in [-0.2, 0) is 14.6 Å². The molecule has 0 aliphatic carbocycles. The van der Waals surface area contributed by atoms with Gasteiger partial charge in [0.1, 0.15) is 5.75 Å². The third-order valence-electron chi connectivity index (χ3n) is 1.84. The number of hydrogen-bond donors (Lipinski definition) is 2. The number of nitrogens with two attached hydrogens (primary N) is 1. The van der Waals surface area contributed by atoms with Gasteiger partial charge in [0.2, 0.25) is 5.91 Å². The van der Waals surface area contributed by atoms with E-state index in [0.29, 0.717) is 0 Å². The number of sulfone groups is 1. The molecule has 1 amide bonds. The lowest BCUT2D eigenvalue weighted by Gasteiger charge is -2.09. The number of hydrogen-bond acceptors (Lipinski definition) is 5. The van der Waals surface area contributed by atoms with E-state index in [-0.39, 0.29) is 19.5 Å².